The topological polar surface area (TPSA) is 88.3 Å². The number of hydrogen-bond donors (Lipinski definition) is 1. The second kappa shape index (κ2) is 9.66. The predicted molar refractivity (Wildman–Crippen MR) is 123 cm³/mol. The van der Waals surface area contributed by atoms with Crippen LogP contribution in [0.25, 0.3) is 0 Å². The van der Waals surface area contributed by atoms with Crippen molar-refractivity contribution in [3.63, 3.8) is 0 Å². The molecule has 1 fully saturated rings. The summed E-state index contributed by atoms with van der Waals surface area (Å²) in [4.78, 5) is 33.9. The van der Waals surface area contributed by atoms with Crippen LogP contribution in [0.1, 0.15) is 13.3 Å². The number of aliphatic imine (C=N–C) groups is 2. The minimum Gasteiger partial charge on any atom is -0.481 e. The van der Waals surface area contributed by atoms with E-state index in [9.17, 15) is 14.7 Å². The highest BCUT2D eigenvalue weighted by Gasteiger charge is 2.45. The van der Waals surface area contributed by atoms with Crippen LogP contribution in [0.3, 0.4) is 0 Å². The lowest BCUT2D eigenvalue weighted by Crippen LogP contribution is -2.46. The molecule has 3 atom stereocenters. The fraction of sp³-hybridized carbons (Fsp3) is 0.273. The van der Waals surface area contributed by atoms with Crippen LogP contribution in [0.15, 0.2) is 67.5 Å². The third-order valence-corrected chi connectivity index (χ3v) is 6.09. The van der Waals surface area contributed by atoms with Gasteiger partial charge in [0.05, 0.1) is 18.5 Å². The van der Waals surface area contributed by atoms with Gasteiger partial charge in [-0.2, -0.15) is 0 Å². The van der Waals surface area contributed by atoms with Crippen LogP contribution in [-0.4, -0.2) is 35.6 Å². The molecule has 0 heterocycles. The number of carbonyl (C=O) groups excluding carboxylic acids is 1. The molecule has 0 radical (unpaired) electrons. The van der Waals surface area contributed by atoms with E-state index in [0.29, 0.717) is 22.8 Å². The van der Waals surface area contributed by atoms with Crippen LogP contribution in [-0.2, 0) is 14.3 Å². The number of hydrogen-bond acceptors (Lipinski definition) is 5. The molecule has 156 valence electrons. The van der Waals surface area contributed by atoms with E-state index in [-0.39, 0.29) is 6.42 Å². The molecule has 3 rings (SSSR count). The Kier molecular flexibility index (Phi) is 7.20. The maximum atomic E-state index is 12.6. The third-order valence-electron chi connectivity index (χ3n) is 5.03. The van der Waals surface area contributed by atoms with E-state index in [2.05, 4.69) is 41.8 Å². The fourth-order valence-electron chi connectivity index (χ4n) is 3.54. The number of carboxylic acids is 1. The van der Waals surface area contributed by atoms with Gasteiger partial charge in [-0.15, -0.1) is 0 Å². The number of rotatable bonds is 4. The number of nitrogens with zero attached hydrogens (tertiary/aromatic N) is 2. The monoisotopic (exact) mass is 534 g/mol. The van der Waals surface area contributed by atoms with E-state index in [1.807, 2.05) is 24.3 Å². The van der Waals surface area contributed by atoms with Crippen LogP contribution >= 0.6 is 31.9 Å². The van der Waals surface area contributed by atoms with Crippen molar-refractivity contribution in [1.82, 2.24) is 0 Å². The summed E-state index contributed by atoms with van der Waals surface area (Å²) >= 11 is 6.76. The zero-order chi connectivity index (χ0) is 21.8. The molecule has 0 aliphatic heterocycles. The number of carbonyl (C=O) groups is 2. The second-order valence-electron chi connectivity index (χ2n) is 6.98. The number of esters is 1. The molecule has 2 aromatic carbocycles. The Bertz CT molecular complexity index is 1000. The molecule has 6 nitrogen and oxygen atoms in total. The lowest BCUT2D eigenvalue weighted by molar-refractivity contribution is -0.145. The average molecular weight is 536 g/mol. The second-order valence-corrected chi connectivity index (χ2v) is 8.81. The maximum absolute atomic E-state index is 12.6. The molecule has 1 aliphatic carbocycles. The fourth-order valence-corrected chi connectivity index (χ4v) is 4.07. The standard InChI is InChI=1S/C22H20Br2N2O4/c1-12-19(22(29)30-2)18(25-15-7-3-13(23)4-8-15)11-17(21(27)28)20(12)26-16-9-5-14(24)6-10-16/h3-10,12,17,19H,11H2,1-2H3,(H,27,28). The first-order valence-corrected chi connectivity index (χ1v) is 10.9. The van der Waals surface area contributed by atoms with Crippen molar-refractivity contribution in [2.75, 3.05) is 7.11 Å². The van der Waals surface area contributed by atoms with Crippen LogP contribution in [0, 0.1) is 17.8 Å². The SMILES string of the molecule is COC(=O)C1C(=Nc2ccc(Br)cc2)CC(C(=O)O)C(=Nc2ccc(Br)cc2)C1C. The third kappa shape index (κ3) is 5.05. The Morgan fingerprint density at radius 2 is 1.47 bits per heavy atom. The molecule has 3 unspecified atom stereocenters. The van der Waals surface area contributed by atoms with Gasteiger partial charge in [0, 0.05) is 32.7 Å². The van der Waals surface area contributed by atoms with Gasteiger partial charge in [-0.05, 0) is 48.5 Å². The first-order chi connectivity index (χ1) is 14.3. The quantitative estimate of drug-likeness (QED) is 0.517. The van der Waals surface area contributed by atoms with Crippen molar-refractivity contribution in [2.45, 2.75) is 13.3 Å². The van der Waals surface area contributed by atoms with Crippen molar-refractivity contribution in [3.8, 4) is 0 Å². The molecule has 8 heteroatoms. The first kappa shape index (κ1) is 22.4. The number of carboxylic acid groups (broad SMARTS) is 1. The van der Waals surface area contributed by atoms with E-state index in [0.717, 1.165) is 8.95 Å². The summed E-state index contributed by atoms with van der Waals surface area (Å²) in [5.74, 6) is -3.51. The summed E-state index contributed by atoms with van der Waals surface area (Å²) < 4.78 is 6.82. The Morgan fingerprint density at radius 3 is 1.93 bits per heavy atom. The van der Waals surface area contributed by atoms with Crippen molar-refractivity contribution in [2.24, 2.45) is 27.7 Å². The van der Waals surface area contributed by atoms with Crippen molar-refractivity contribution in [1.29, 1.82) is 0 Å². The summed E-state index contributed by atoms with van der Waals surface area (Å²) in [6.07, 6.45) is 0.0882. The van der Waals surface area contributed by atoms with Gasteiger partial charge in [-0.1, -0.05) is 38.8 Å². The molecule has 0 amide bonds. The molecule has 1 N–H and O–H groups in total. The van der Waals surface area contributed by atoms with Gasteiger partial charge >= 0.3 is 11.9 Å². The number of aliphatic carboxylic acids is 1. The molecule has 0 bridgehead atoms. The Labute approximate surface area is 191 Å². The highest BCUT2D eigenvalue weighted by Crippen LogP contribution is 2.35. The van der Waals surface area contributed by atoms with Gasteiger partial charge in [-0.25, -0.2) is 0 Å². The van der Waals surface area contributed by atoms with Gasteiger partial charge in [0.15, 0.2) is 0 Å². The van der Waals surface area contributed by atoms with Gasteiger partial charge in [-0.3, -0.25) is 19.6 Å². The molecule has 0 saturated heterocycles. The van der Waals surface area contributed by atoms with Crippen LogP contribution in [0.4, 0.5) is 11.4 Å². The van der Waals surface area contributed by atoms with E-state index in [4.69, 9.17) is 4.74 Å². The Balaban J connectivity index is 2.07. The lowest BCUT2D eigenvalue weighted by Gasteiger charge is -2.33. The minimum absolute atomic E-state index is 0.0882. The van der Waals surface area contributed by atoms with Gasteiger partial charge in [0.25, 0.3) is 0 Å². The molecule has 1 aliphatic rings. The van der Waals surface area contributed by atoms with Gasteiger partial charge in [0.1, 0.15) is 11.8 Å². The van der Waals surface area contributed by atoms with Gasteiger partial charge in [0.2, 0.25) is 0 Å². The van der Waals surface area contributed by atoms with E-state index in [1.165, 1.54) is 7.11 Å². The van der Waals surface area contributed by atoms with E-state index in [1.54, 1.807) is 31.2 Å². The number of benzene rings is 2. The predicted octanol–water partition coefficient (Wildman–Crippen LogP) is 5.59. The average Bonchev–Trinajstić information content (AvgIpc) is 2.72. The summed E-state index contributed by atoms with van der Waals surface area (Å²) in [6, 6.07) is 14.5. The summed E-state index contributed by atoms with van der Waals surface area (Å²) in [5.41, 5.74) is 2.20. The van der Waals surface area contributed by atoms with Crippen LogP contribution < -0.4 is 0 Å². The maximum Gasteiger partial charge on any atom is 0.315 e. The molecule has 0 aromatic heterocycles. The van der Waals surface area contributed by atoms with Crippen LogP contribution in [0.2, 0.25) is 0 Å². The Hall–Kier alpha value is -2.32. The van der Waals surface area contributed by atoms with Crippen LogP contribution in [0.5, 0.6) is 0 Å². The molecule has 1 saturated carbocycles. The van der Waals surface area contributed by atoms with Crippen molar-refractivity contribution < 1.29 is 19.4 Å². The molecule has 2 aromatic rings. The number of methoxy groups -OCH3 is 1. The lowest BCUT2D eigenvalue weighted by atomic mass is 9.71. The molecular weight excluding hydrogens is 516 g/mol. The largest absolute Gasteiger partial charge is 0.481 e. The summed E-state index contributed by atoms with van der Waals surface area (Å²) in [7, 11) is 1.32. The van der Waals surface area contributed by atoms with E-state index >= 15 is 0 Å². The van der Waals surface area contributed by atoms with E-state index < -0.39 is 29.7 Å². The zero-order valence-corrected chi connectivity index (χ0v) is 19.6. The number of ether oxygens (including phenoxy) is 1. The van der Waals surface area contributed by atoms with Gasteiger partial charge < -0.3 is 9.84 Å². The van der Waals surface area contributed by atoms with Crippen molar-refractivity contribution in [3.05, 3.63) is 57.5 Å². The first-order valence-electron chi connectivity index (χ1n) is 9.28. The normalized spacial score (nSPS) is 24.1. The summed E-state index contributed by atoms with van der Waals surface area (Å²) in [6.45, 7) is 1.80. The summed E-state index contributed by atoms with van der Waals surface area (Å²) in [5, 5.41) is 9.89. The highest BCUT2D eigenvalue weighted by molar-refractivity contribution is 9.10. The molecular formula is C22H20Br2N2O4. The molecule has 0 spiro atoms. The smallest absolute Gasteiger partial charge is 0.315 e. The Morgan fingerprint density at radius 1 is 0.967 bits per heavy atom. The van der Waals surface area contributed by atoms with Crippen molar-refractivity contribution >= 4 is 66.6 Å². The number of halogens is 2. The minimum atomic E-state index is -0.996. The molecule has 30 heavy (non-hydrogen) atoms. The zero-order valence-electron chi connectivity index (χ0n) is 16.4. The highest BCUT2D eigenvalue weighted by atomic mass is 79.9.